The van der Waals surface area contributed by atoms with Gasteiger partial charge in [0.2, 0.25) is 0 Å². The Balaban J connectivity index is 2.06. The standard InChI is InChI=1S/C20H22O4/c1-20(2,3)24-18(21)13-12-16-10-7-11-17(19(16)22)23-14-15-8-5-4-6-9-15/h4-13,22H,14H2,1-3H3. The Morgan fingerprint density at radius 2 is 1.79 bits per heavy atom. The number of phenols is 1. The van der Waals surface area contributed by atoms with Crippen LogP contribution in [0.25, 0.3) is 6.08 Å². The van der Waals surface area contributed by atoms with Gasteiger partial charge in [0.05, 0.1) is 0 Å². The summed E-state index contributed by atoms with van der Waals surface area (Å²) in [5, 5.41) is 10.3. The van der Waals surface area contributed by atoms with E-state index in [1.165, 1.54) is 12.2 Å². The zero-order valence-corrected chi connectivity index (χ0v) is 14.2. The Kier molecular flexibility index (Phi) is 5.64. The molecule has 0 atom stereocenters. The third-order valence-corrected chi connectivity index (χ3v) is 3.07. The van der Waals surface area contributed by atoms with Gasteiger partial charge in [-0.1, -0.05) is 42.5 Å². The van der Waals surface area contributed by atoms with E-state index in [2.05, 4.69) is 0 Å². The lowest BCUT2D eigenvalue weighted by atomic mass is 10.1. The minimum Gasteiger partial charge on any atom is -0.504 e. The number of aromatic hydroxyl groups is 1. The maximum absolute atomic E-state index is 11.7. The summed E-state index contributed by atoms with van der Waals surface area (Å²) in [5.41, 5.74) is 0.947. The van der Waals surface area contributed by atoms with Crippen molar-refractivity contribution in [2.24, 2.45) is 0 Å². The Morgan fingerprint density at radius 1 is 1.08 bits per heavy atom. The minimum atomic E-state index is -0.551. The number of hydrogen-bond donors (Lipinski definition) is 1. The van der Waals surface area contributed by atoms with Crippen LogP contribution in [0, 0.1) is 0 Å². The SMILES string of the molecule is CC(C)(C)OC(=O)C=Cc1cccc(OCc2ccccc2)c1O. The molecule has 4 nitrogen and oxygen atoms in total. The number of hydrogen-bond acceptors (Lipinski definition) is 4. The second kappa shape index (κ2) is 7.68. The number of benzene rings is 2. The average molecular weight is 326 g/mol. The molecule has 2 aromatic rings. The van der Waals surface area contributed by atoms with E-state index >= 15 is 0 Å². The van der Waals surface area contributed by atoms with Gasteiger partial charge in [0.25, 0.3) is 0 Å². The van der Waals surface area contributed by atoms with Crippen molar-refractivity contribution in [1.82, 2.24) is 0 Å². The maximum atomic E-state index is 11.7. The maximum Gasteiger partial charge on any atom is 0.331 e. The van der Waals surface area contributed by atoms with E-state index in [1.54, 1.807) is 39.0 Å². The zero-order chi connectivity index (χ0) is 17.6. The van der Waals surface area contributed by atoms with E-state index in [9.17, 15) is 9.90 Å². The molecule has 0 saturated heterocycles. The highest BCUT2D eigenvalue weighted by Crippen LogP contribution is 2.31. The molecule has 1 N–H and O–H groups in total. The van der Waals surface area contributed by atoms with Gasteiger partial charge in [-0.3, -0.25) is 0 Å². The summed E-state index contributed by atoms with van der Waals surface area (Å²) in [6, 6.07) is 14.8. The molecule has 0 unspecified atom stereocenters. The van der Waals surface area contributed by atoms with E-state index in [-0.39, 0.29) is 5.75 Å². The fourth-order valence-corrected chi connectivity index (χ4v) is 2.02. The van der Waals surface area contributed by atoms with Crippen molar-refractivity contribution in [1.29, 1.82) is 0 Å². The molecule has 0 aromatic heterocycles. The normalized spacial score (nSPS) is 11.5. The first-order valence-electron chi connectivity index (χ1n) is 7.75. The van der Waals surface area contributed by atoms with Gasteiger partial charge in [0.1, 0.15) is 12.2 Å². The summed E-state index contributed by atoms with van der Waals surface area (Å²) in [5.74, 6) is -0.101. The van der Waals surface area contributed by atoms with Gasteiger partial charge in [0, 0.05) is 11.6 Å². The number of phenolic OH excluding ortho intramolecular Hbond substituents is 1. The van der Waals surface area contributed by atoms with E-state index in [0.717, 1.165) is 5.56 Å². The number of ether oxygens (including phenoxy) is 2. The molecule has 0 bridgehead atoms. The van der Waals surface area contributed by atoms with Crippen LogP contribution in [-0.2, 0) is 16.1 Å². The number of carbonyl (C=O) groups is 1. The highest BCUT2D eigenvalue weighted by atomic mass is 16.6. The first-order chi connectivity index (χ1) is 11.3. The summed E-state index contributed by atoms with van der Waals surface area (Å²) in [7, 11) is 0. The van der Waals surface area contributed by atoms with E-state index in [0.29, 0.717) is 17.9 Å². The summed E-state index contributed by atoms with van der Waals surface area (Å²) in [4.78, 5) is 11.7. The topological polar surface area (TPSA) is 55.8 Å². The molecule has 0 aliphatic rings. The van der Waals surface area contributed by atoms with Crippen LogP contribution >= 0.6 is 0 Å². The van der Waals surface area contributed by atoms with Gasteiger partial charge in [-0.25, -0.2) is 4.79 Å². The quantitative estimate of drug-likeness (QED) is 0.656. The Labute approximate surface area is 142 Å². The van der Waals surface area contributed by atoms with E-state index < -0.39 is 11.6 Å². The minimum absolute atomic E-state index is 0.00626. The molecule has 0 saturated carbocycles. The second-order valence-electron chi connectivity index (χ2n) is 6.34. The lowest BCUT2D eigenvalue weighted by Crippen LogP contribution is -2.22. The van der Waals surface area contributed by atoms with Crippen LogP contribution < -0.4 is 4.74 Å². The fraction of sp³-hybridized carbons (Fsp3) is 0.250. The molecule has 0 amide bonds. The molecule has 0 fully saturated rings. The molecule has 0 aliphatic carbocycles. The molecule has 2 rings (SSSR count). The largest absolute Gasteiger partial charge is 0.504 e. The zero-order valence-electron chi connectivity index (χ0n) is 14.2. The van der Waals surface area contributed by atoms with Gasteiger partial charge in [-0.05, 0) is 38.5 Å². The predicted octanol–water partition coefficient (Wildman–Crippen LogP) is 4.33. The first kappa shape index (κ1) is 17.6. The molecule has 126 valence electrons. The van der Waals surface area contributed by atoms with Gasteiger partial charge >= 0.3 is 5.97 Å². The van der Waals surface area contributed by atoms with Crippen molar-refractivity contribution in [3.05, 3.63) is 65.7 Å². The fourth-order valence-electron chi connectivity index (χ4n) is 2.02. The van der Waals surface area contributed by atoms with Crippen LogP contribution in [0.5, 0.6) is 11.5 Å². The van der Waals surface area contributed by atoms with Crippen LogP contribution in [0.1, 0.15) is 31.9 Å². The van der Waals surface area contributed by atoms with Gasteiger partial charge in [-0.2, -0.15) is 0 Å². The molecule has 24 heavy (non-hydrogen) atoms. The van der Waals surface area contributed by atoms with E-state index in [1.807, 2.05) is 30.3 Å². The van der Waals surface area contributed by atoms with Crippen molar-refractivity contribution >= 4 is 12.0 Å². The molecule has 0 radical (unpaired) electrons. The van der Waals surface area contributed by atoms with Crippen LogP contribution in [0.2, 0.25) is 0 Å². The Bertz CT molecular complexity index is 712. The van der Waals surface area contributed by atoms with Crippen LogP contribution in [0.4, 0.5) is 0 Å². The summed E-state index contributed by atoms with van der Waals surface area (Å²) >= 11 is 0. The monoisotopic (exact) mass is 326 g/mol. The first-order valence-corrected chi connectivity index (χ1v) is 7.75. The summed E-state index contributed by atoms with van der Waals surface area (Å²) in [6.07, 6.45) is 2.81. The van der Waals surface area contributed by atoms with Crippen molar-refractivity contribution < 1.29 is 19.4 Å². The summed E-state index contributed by atoms with van der Waals surface area (Å²) < 4.78 is 10.8. The number of para-hydroxylation sites is 1. The highest BCUT2D eigenvalue weighted by Gasteiger charge is 2.14. The molecule has 2 aromatic carbocycles. The molecule has 0 aliphatic heterocycles. The molecule has 4 heteroatoms. The van der Waals surface area contributed by atoms with E-state index in [4.69, 9.17) is 9.47 Å². The van der Waals surface area contributed by atoms with Crippen LogP contribution in [-0.4, -0.2) is 16.7 Å². The lowest BCUT2D eigenvalue weighted by molar-refractivity contribution is -0.148. The van der Waals surface area contributed by atoms with Crippen molar-refractivity contribution in [2.75, 3.05) is 0 Å². The highest BCUT2D eigenvalue weighted by molar-refractivity contribution is 5.88. The number of rotatable bonds is 5. The van der Waals surface area contributed by atoms with Gasteiger partial charge < -0.3 is 14.6 Å². The van der Waals surface area contributed by atoms with Crippen LogP contribution in [0.15, 0.2) is 54.6 Å². The number of esters is 1. The Morgan fingerprint density at radius 3 is 2.46 bits per heavy atom. The lowest BCUT2D eigenvalue weighted by Gasteiger charge is -2.17. The van der Waals surface area contributed by atoms with Crippen molar-refractivity contribution in [2.45, 2.75) is 33.0 Å². The van der Waals surface area contributed by atoms with Crippen molar-refractivity contribution in [3.8, 4) is 11.5 Å². The number of carbonyl (C=O) groups excluding carboxylic acids is 1. The second-order valence-corrected chi connectivity index (χ2v) is 6.34. The smallest absolute Gasteiger partial charge is 0.331 e. The van der Waals surface area contributed by atoms with Gasteiger partial charge in [0.15, 0.2) is 11.5 Å². The van der Waals surface area contributed by atoms with Crippen molar-refractivity contribution in [3.63, 3.8) is 0 Å². The average Bonchev–Trinajstić information content (AvgIpc) is 2.52. The third kappa shape index (κ3) is 5.47. The Hall–Kier alpha value is -2.75. The summed E-state index contributed by atoms with van der Waals surface area (Å²) in [6.45, 7) is 5.75. The molecule has 0 spiro atoms. The third-order valence-electron chi connectivity index (χ3n) is 3.07. The van der Waals surface area contributed by atoms with Crippen LogP contribution in [0.3, 0.4) is 0 Å². The molecule has 0 heterocycles. The molecular weight excluding hydrogens is 304 g/mol. The molecular formula is C20H22O4. The predicted molar refractivity (Wildman–Crippen MR) is 93.8 cm³/mol. The van der Waals surface area contributed by atoms with Gasteiger partial charge in [-0.15, -0.1) is 0 Å².